The predicted octanol–water partition coefficient (Wildman–Crippen LogP) is -0.414. The van der Waals surface area contributed by atoms with Crippen LogP contribution in [0.5, 0.6) is 0 Å². The largest absolute Gasteiger partial charge is 0.438 e. The SMILES string of the molecule is O=Cc1oc(S(=O)(=O)O)cc1S(=O)(=O)O. The first-order valence-corrected chi connectivity index (χ1v) is 6.08. The van der Waals surface area contributed by atoms with Crippen molar-refractivity contribution >= 4 is 26.5 Å². The molecular formula is C5H4O8S2. The minimum atomic E-state index is -4.79. The van der Waals surface area contributed by atoms with Crippen LogP contribution in [0.2, 0.25) is 0 Å². The molecule has 0 spiro atoms. The molecule has 0 radical (unpaired) electrons. The molecule has 0 saturated carbocycles. The van der Waals surface area contributed by atoms with Crippen molar-refractivity contribution in [3.05, 3.63) is 11.8 Å². The number of furan rings is 1. The van der Waals surface area contributed by atoms with Crippen LogP contribution in [0.15, 0.2) is 20.5 Å². The highest BCUT2D eigenvalue weighted by Crippen LogP contribution is 2.22. The Kier molecular flexibility index (Phi) is 2.69. The summed E-state index contributed by atoms with van der Waals surface area (Å²) in [6.45, 7) is 0. The molecule has 0 aromatic carbocycles. The standard InChI is InChI=1S/C5H4O8S2/c6-2-3-4(14(7,8)9)1-5(13-3)15(10,11)12/h1-2H,(H,7,8,9)(H,10,11,12). The van der Waals surface area contributed by atoms with Gasteiger partial charge < -0.3 is 4.42 Å². The molecule has 0 fully saturated rings. The molecule has 8 nitrogen and oxygen atoms in total. The van der Waals surface area contributed by atoms with Crippen LogP contribution >= 0.6 is 0 Å². The van der Waals surface area contributed by atoms with Crippen LogP contribution in [0.3, 0.4) is 0 Å². The maximum Gasteiger partial charge on any atom is 0.328 e. The van der Waals surface area contributed by atoms with Gasteiger partial charge in [0, 0.05) is 6.07 Å². The van der Waals surface area contributed by atoms with Gasteiger partial charge in [-0.05, 0) is 0 Å². The van der Waals surface area contributed by atoms with Gasteiger partial charge in [-0.1, -0.05) is 0 Å². The van der Waals surface area contributed by atoms with Crippen LogP contribution in [-0.2, 0) is 20.2 Å². The Morgan fingerprint density at radius 3 is 1.93 bits per heavy atom. The van der Waals surface area contributed by atoms with E-state index in [0.717, 1.165) is 0 Å². The molecular weight excluding hydrogens is 252 g/mol. The van der Waals surface area contributed by atoms with E-state index in [1.54, 1.807) is 0 Å². The average Bonchev–Trinajstić information content (AvgIpc) is 2.44. The van der Waals surface area contributed by atoms with E-state index < -0.39 is 36.0 Å². The molecule has 84 valence electrons. The molecule has 0 aliphatic heterocycles. The summed E-state index contributed by atoms with van der Waals surface area (Å²) >= 11 is 0. The van der Waals surface area contributed by atoms with Gasteiger partial charge in [0.15, 0.2) is 12.0 Å². The zero-order chi connectivity index (χ0) is 11.9. The molecule has 15 heavy (non-hydrogen) atoms. The first kappa shape index (κ1) is 11.8. The Bertz CT molecular complexity index is 589. The molecule has 1 rings (SSSR count). The monoisotopic (exact) mass is 256 g/mol. The fourth-order valence-corrected chi connectivity index (χ4v) is 1.91. The maximum absolute atomic E-state index is 10.6. The van der Waals surface area contributed by atoms with Gasteiger partial charge in [0.1, 0.15) is 4.90 Å². The Labute approximate surface area is 84.0 Å². The number of aldehydes is 1. The van der Waals surface area contributed by atoms with Gasteiger partial charge in [-0.3, -0.25) is 13.9 Å². The van der Waals surface area contributed by atoms with Crippen LogP contribution in [-0.4, -0.2) is 32.2 Å². The van der Waals surface area contributed by atoms with Crippen molar-refractivity contribution in [1.29, 1.82) is 0 Å². The van der Waals surface area contributed by atoms with E-state index in [1.807, 2.05) is 0 Å². The van der Waals surface area contributed by atoms with E-state index in [2.05, 4.69) is 4.42 Å². The van der Waals surface area contributed by atoms with Crippen LogP contribution < -0.4 is 0 Å². The molecule has 0 saturated heterocycles. The predicted molar refractivity (Wildman–Crippen MR) is 43.7 cm³/mol. The van der Waals surface area contributed by atoms with Crippen LogP contribution in [0, 0.1) is 0 Å². The van der Waals surface area contributed by atoms with Crippen molar-refractivity contribution in [2.45, 2.75) is 9.99 Å². The molecule has 0 aliphatic carbocycles. The third-order valence-corrected chi connectivity index (χ3v) is 2.93. The van der Waals surface area contributed by atoms with Gasteiger partial charge in [-0.15, -0.1) is 0 Å². The number of hydrogen-bond acceptors (Lipinski definition) is 6. The molecule has 0 bridgehead atoms. The minimum absolute atomic E-state index is 0.113. The normalized spacial score (nSPS) is 12.7. The molecule has 10 heteroatoms. The summed E-state index contributed by atoms with van der Waals surface area (Å²) < 4.78 is 63.5. The molecule has 1 heterocycles. The number of carbonyl (C=O) groups excluding carboxylic acids is 1. The van der Waals surface area contributed by atoms with Gasteiger partial charge in [0.2, 0.25) is 5.09 Å². The van der Waals surface area contributed by atoms with Gasteiger partial charge in [0.25, 0.3) is 10.1 Å². The first-order chi connectivity index (χ1) is 6.66. The highest BCUT2D eigenvalue weighted by molar-refractivity contribution is 7.86. The van der Waals surface area contributed by atoms with Crippen LogP contribution in [0.4, 0.5) is 0 Å². The second kappa shape index (κ2) is 3.41. The van der Waals surface area contributed by atoms with E-state index in [0.29, 0.717) is 6.07 Å². The highest BCUT2D eigenvalue weighted by atomic mass is 32.2. The summed E-state index contributed by atoms with van der Waals surface area (Å²) in [6, 6.07) is 0.328. The van der Waals surface area contributed by atoms with E-state index >= 15 is 0 Å². The summed E-state index contributed by atoms with van der Waals surface area (Å²) in [7, 11) is -9.56. The third-order valence-electron chi connectivity index (χ3n) is 1.34. The Morgan fingerprint density at radius 2 is 1.67 bits per heavy atom. The van der Waals surface area contributed by atoms with E-state index in [9.17, 15) is 21.6 Å². The summed E-state index contributed by atoms with van der Waals surface area (Å²) in [5, 5.41) is -1.14. The molecule has 0 amide bonds. The summed E-state index contributed by atoms with van der Waals surface area (Å²) in [5.41, 5.74) is 0. The molecule has 1 aromatic rings. The quantitative estimate of drug-likeness (QED) is 0.549. The molecule has 2 N–H and O–H groups in total. The lowest BCUT2D eigenvalue weighted by Crippen LogP contribution is -1.99. The van der Waals surface area contributed by atoms with Gasteiger partial charge >= 0.3 is 10.1 Å². The molecule has 0 unspecified atom stereocenters. The van der Waals surface area contributed by atoms with E-state index in [-0.39, 0.29) is 6.29 Å². The van der Waals surface area contributed by atoms with Gasteiger partial charge in [0.05, 0.1) is 0 Å². The lowest BCUT2D eigenvalue weighted by atomic mass is 10.5. The van der Waals surface area contributed by atoms with Gasteiger partial charge in [-0.2, -0.15) is 16.8 Å². The lowest BCUT2D eigenvalue weighted by molar-refractivity contribution is 0.109. The van der Waals surface area contributed by atoms with Crippen molar-refractivity contribution in [2.24, 2.45) is 0 Å². The van der Waals surface area contributed by atoms with Crippen molar-refractivity contribution in [1.82, 2.24) is 0 Å². The topological polar surface area (TPSA) is 139 Å². The number of hydrogen-bond donors (Lipinski definition) is 2. The smallest absolute Gasteiger partial charge is 0.328 e. The number of carbonyl (C=O) groups is 1. The molecule has 0 atom stereocenters. The fraction of sp³-hybridized carbons (Fsp3) is 0. The van der Waals surface area contributed by atoms with E-state index in [4.69, 9.17) is 9.11 Å². The van der Waals surface area contributed by atoms with Crippen LogP contribution in [0.1, 0.15) is 10.6 Å². The van der Waals surface area contributed by atoms with Crippen molar-refractivity contribution < 1.29 is 35.2 Å². The second-order valence-corrected chi connectivity index (χ2v) is 5.10. The Morgan fingerprint density at radius 1 is 1.13 bits per heavy atom. The zero-order valence-electron chi connectivity index (χ0n) is 6.82. The fourth-order valence-electron chi connectivity index (χ4n) is 0.777. The second-order valence-electron chi connectivity index (χ2n) is 2.36. The van der Waals surface area contributed by atoms with Crippen molar-refractivity contribution in [3.63, 3.8) is 0 Å². The molecule has 0 aliphatic rings. The van der Waals surface area contributed by atoms with Crippen molar-refractivity contribution in [3.8, 4) is 0 Å². The summed E-state index contributed by atoms with van der Waals surface area (Å²) in [6.07, 6.45) is -0.113. The van der Waals surface area contributed by atoms with Crippen LogP contribution in [0.25, 0.3) is 0 Å². The Hall–Kier alpha value is -1.23. The van der Waals surface area contributed by atoms with Crippen molar-refractivity contribution in [2.75, 3.05) is 0 Å². The zero-order valence-corrected chi connectivity index (χ0v) is 8.45. The Balaban J connectivity index is 3.58. The highest BCUT2D eigenvalue weighted by Gasteiger charge is 2.26. The first-order valence-electron chi connectivity index (χ1n) is 3.20. The third kappa shape index (κ3) is 2.41. The maximum atomic E-state index is 10.6. The number of rotatable bonds is 3. The van der Waals surface area contributed by atoms with E-state index in [1.165, 1.54) is 0 Å². The summed E-state index contributed by atoms with van der Waals surface area (Å²) in [4.78, 5) is 9.25. The van der Waals surface area contributed by atoms with Gasteiger partial charge in [-0.25, -0.2) is 0 Å². The minimum Gasteiger partial charge on any atom is -0.438 e. The lowest BCUT2D eigenvalue weighted by Gasteiger charge is -1.88. The summed E-state index contributed by atoms with van der Waals surface area (Å²) in [5.74, 6) is -0.912. The average molecular weight is 256 g/mol. The molecule has 1 aromatic heterocycles.